The standard InChI is InChI=1S/C12H14BrF3N2.2ClH/c13-9-5-8(6-10(14)7-9)11(12(15)16)18-3-1-17-2-4-18;;/h5-7,11-12,17H,1-4H2;2*1H/t11-;;/m1../s1. The molecule has 1 N–H and O–H groups in total. The number of nitrogens with one attached hydrogen (secondary N) is 1. The molecular formula is C12H16BrCl2F3N2. The lowest BCUT2D eigenvalue weighted by Gasteiger charge is -2.34. The minimum atomic E-state index is -2.53. The summed E-state index contributed by atoms with van der Waals surface area (Å²) in [6, 6.07) is 2.97. The van der Waals surface area contributed by atoms with Crippen LogP contribution < -0.4 is 5.32 Å². The fourth-order valence-electron chi connectivity index (χ4n) is 2.22. The summed E-state index contributed by atoms with van der Waals surface area (Å²) in [5, 5.41) is 3.11. The number of benzene rings is 1. The summed E-state index contributed by atoms with van der Waals surface area (Å²) in [4.78, 5) is 1.70. The predicted octanol–water partition coefficient (Wildman–Crippen LogP) is 3.64. The summed E-state index contributed by atoms with van der Waals surface area (Å²) in [5.74, 6) is -0.500. The van der Waals surface area contributed by atoms with E-state index in [1.54, 1.807) is 11.0 Å². The van der Waals surface area contributed by atoms with Gasteiger partial charge in [0.15, 0.2) is 0 Å². The highest BCUT2D eigenvalue weighted by Crippen LogP contribution is 2.30. The third kappa shape index (κ3) is 5.07. The second kappa shape index (κ2) is 9.10. The van der Waals surface area contributed by atoms with Gasteiger partial charge in [-0.05, 0) is 23.8 Å². The monoisotopic (exact) mass is 394 g/mol. The molecule has 1 aromatic carbocycles. The largest absolute Gasteiger partial charge is 0.314 e. The van der Waals surface area contributed by atoms with Crippen molar-refractivity contribution in [2.45, 2.75) is 12.5 Å². The maximum absolute atomic E-state index is 13.3. The van der Waals surface area contributed by atoms with Gasteiger partial charge in [0.1, 0.15) is 5.82 Å². The molecule has 20 heavy (non-hydrogen) atoms. The van der Waals surface area contributed by atoms with Gasteiger partial charge in [-0.3, -0.25) is 4.90 Å². The Balaban J connectivity index is 0.00000180. The maximum Gasteiger partial charge on any atom is 0.258 e. The fraction of sp³-hybridized carbons (Fsp3) is 0.500. The number of nitrogens with zero attached hydrogens (tertiary/aromatic N) is 1. The average molecular weight is 396 g/mol. The average Bonchev–Trinajstić information content (AvgIpc) is 2.28. The molecule has 1 saturated heterocycles. The second-order valence-electron chi connectivity index (χ2n) is 4.27. The van der Waals surface area contributed by atoms with Crippen LogP contribution in [0.4, 0.5) is 13.2 Å². The van der Waals surface area contributed by atoms with Crippen molar-refractivity contribution in [1.82, 2.24) is 10.2 Å². The van der Waals surface area contributed by atoms with Gasteiger partial charge in [-0.2, -0.15) is 0 Å². The van der Waals surface area contributed by atoms with E-state index in [0.717, 1.165) is 0 Å². The van der Waals surface area contributed by atoms with E-state index in [2.05, 4.69) is 21.2 Å². The molecule has 2 nitrogen and oxygen atoms in total. The lowest BCUT2D eigenvalue weighted by atomic mass is 10.0. The van der Waals surface area contributed by atoms with Gasteiger partial charge in [-0.15, -0.1) is 24.8 Å². The van der Waals surface area contributed by atoms with Crippen molar-refractivity contribution < 1.29 is 13.2 Å². The molecule has 0 saturated carbocycles. The Kier molecular flexibility index (Phi) is 9.09. The molecular weight excluding hydrogens is 380 g/mol. The summed E-state index contributed by atoms with van der Waals surface area (Å²) in [6.45, 7) is 2.45. The van der Waals surface area contributed by atoms with E-state index in [9.17, 15) is 13.2 Å². The summed E-state index contributed by atoms with van der Waals surface area (Å²) in [7, 11) is 0. The molecule has 1 aliphatic rings. The zero-order valence-electron chi connectivity index (χ0n) is 10.5. The SMILES string of the molecule is Cl.Cl.Fc1cc(Br)cc([C@H](C(F)F)N2CCNCC2)c1. The van der Waals surface area contributed by atoms with E-state index >= 15 is 0 Å². The fourth-order valence-corrected chi connectivity index (χ4v) is 2.70. The number of hydrogen-bond donors (Lipinski definition) is 1. The molecule has 8 heteroatoms. The number of rotatable bonds is 3. The van der Waals surface area contributed by atoms with Crippen molar-refractivity contribution in [2.24, 2.45) is 0 Å². The molecule has 0 unspecified atom stereocenters. The molecule has 1 fully saturated rings. The van der Waals surface area contributed by atoms with Crippen LogP contribution in [0.5, 0.6) is 0 Å². The van der Waals surface area contributed by atoms with Gasteiger partial charge in [0.05, 0.1) is 6.04 Å². The number of alkyl halides is 2. The Morgan fingerprint density at radius 3 is 2.20 bits per heavy atom. The zero-order chi connectivity index (χ0) is 13.1. The third-order valence-corrected chi connectivity index (χ3v) is 3.47. The van der Waals surface area contributed by atoms with Gasteiger partial charge in [0.25, 0.3) is 6.43 Å². The molecule has 1 aliphatic heterocycles. The predicted molar refractivity (Wildman–Crippen MR) is 81.8 cm³/mol. The van der Waals surface area contributed by atoms with Crippen LogP contribution in [0.2, 0.25) is 0 Å². The highest BCUT2D eigenvalue weighted by molar-refractivity contribution is 9.10. The van der Waals surface area contributed by atoms with E-state index < -0.39 is 18.3 Å². The summed E-state index contributed by atoms with van der Waals surface area (Å²) < 4.78 is 40.3. The van der Waals surface area contributed by atoms with Crippen LogP contribution in [-0.2, 0) is 0 Å². The molecule has 0 amide bonds. The summed E-state index contributed by atoms with van der Waals surface area (Å²) in [6.07, 6.45) is -2.53. The van der Waals surface area contributed by atoms with Crippen molar-refractivity contribution in [3.05, 3.63) is 34.1 Å². The molecule has 1 atom stereocenters. The minimum absolute atomic E-state index is 0. The quantitative estimate of drug-likeness (QED) is 0.840. The van der Waals surface area contributed by atoms with Crippen molar-refractivity contribution >= 4 is 40.7 Å². The Hall–Kier alpha value is -0.0100. The summed E-state index contributed by atoms with van der Waals surface area (Å²) in [5.41, 5.74) is 0.318. The van der Waals surface area contributed by atoms with Gasteiger partial charge in [-0.25, -0.2) is 13.2 Å². The third-order valence-electron chi connectivity index (χ3n) is 3.01. The van der Waals surface area contributed by atoms with Crippen LogP contribution >= 0.6 is 40.7 Å². The van der Waals surface area contributed by atoms with Crippen LogP contribution in [0.25, 0.3) is 0 Å². The van der Waals surface area contributed by atoms with Gasteiger partial charge in [-0.1, -0.05) is 15.9 Å². The molecule has 116 valence electrons. The second-order valence-corrected chi connectivity index (χ2v) is 5.18. The zero-order valence-corrected chi connectivity index (χ0v) is 13.7. The normalized spacial score (nSPS) is 17.2. The molecule has 1 aromatic rings. The van der Waals surface area contributed by atoms with E-state index in [-0.39, 0.29) is 24.8 Å². The van der Waals surface area contributed by atoms with Gasteiger partial charge >= 0.3 is 0 Å². The van der Waals surface area contributed by atoms with E-state index in [1.807, 2.05) is 0 Å². The van der Waals surface area contributed by atoms with Crippen LogP contribution in [0, 0.1) is 5.82 Å². The minimum Gasteiger partial charge on any atom is -0.314 e. The first-order chi connectivity index (χ1) is 8.58. The first kappa shape index (κ1) is 20.0. The first-order valence-corrected chi connectivity index (χ1v) is 6.56. The molecule has 0 spiro atoms. The van der Waals surface area contributed by atoms with Gasteiger partial charge in [0, 0.05) is 30.7 Å². The van der Waals surface area contributed by atoms with E-state index in [0.29, 0.717) is 36.2 Å². The van der Waals surface area contributed by atoms with Gasteiger partial charge in [0.2, 0.25) is 0 Å². The van der Waals surface area contributed by atoms with Crippen LogP contribution in [-0.4, -0.2) is 37.5 Å². The van der Waals surface area contributed by atoms with Crippen molar-refractivity contribution in [2.75, 3.05) is 26.2 Å². The molecule has 0 aliphatic carbocycles. The highest BCUT2D eigenvalue weighted by Gasteiger charge is 2.30. The molecule has 0 aromatic heterocycles. The number of halogens is 6. The van der Waals surface area contributed by atoms with E-state index in [4.69, 9.17) is 0 Å². The van der Waals surface area contributed by atoms with Crippen LogP contribution in [0.1, 0.15) is 11.6 Å². The highest BCUT2D eigenvalue weighted by atomic mass is 79.9. The Morgan fingerprint density at radius 2 is 1.70 bits per heavy atom. The smallest absolute Gasteiger partial charge is 0.258 e. The van der Waals surface area contributed by atoms with Crippen molar-refractivity contribution in [1.29, 1.82) is 0 Å². The van der Waals surface area contributed by atoms with Crippen molar-refractivity contribution in [3.63, 3.8) is 0 Å². The lowest BCUT2D eigenvalue weighted by Crippen LogP contribution is -2.46. The Morgan fingerprint density at radius 1 is 1.10 bits per heavy atom. The molecule has 0 radical (unpaired) electrons. The Labute approximate surface area is 137 Å². The van der Waals surface area contributed by atoms with Crippen molar-refractivity contribution in [3.8, 4) is 0 Å². The maximum atomic E-state index is 13.3. The Bertz CT molecular complexity index is 397. The van der Waals surface area contributed by atoms with Crippen LogP contribution in [0.15, 0.2) is 22.7 Å². The topological polar surface area (TPSA) is 15.3 Å². The molecule has 1 heterocycles. The molecule has 2 rings (SSSR count). The lowest BCUT2D eigenvalue weighted by molar-refractivity contribution is 0.0180. The first-order valence-electron chi connectivity index (χ1n) is 5.77. The number of piperazine rings is 1. The summed E-state index contributed by atoms with van der Waals surface area (Å²) >= 11 is 3.14. The van der Waals surface area contributed by atoms with E-state index in [1.165, 1.54) is 12.1 Å². The van der Waals surface area contributed by atoms with Crippen LogP contribution in [0.3, 0.4) is 0 Å². The number of hydrogen-bond acceptors (Lipinski definition) is 2. The molecule has 0 bridgehead atoms. The van der Waals surface area contributed by atoms with Gasteiger partial charge < -0.3 is 5.32 Å².